The lowest BCUT2D eigenvalue weighted by Crippen LogP contribution is -2.32. The highest BCUT2D eigenvalue weighted by Gasteiger charge is 2.17. The Labute approximate surface area is 103 Å². The van der Waals surface area contributed by atoms with Crippen molar-refractivity contribution in [2.24, 2.45) is 0 Å². The maximum absolute atomic E-state index is 11.7. The zero-order chi connectivity index (χ0) is 11.4. The van der Waals surface area contributed by atoms with E-state index < -0.39 is 0 Å². The van der Waals surface area contributed by atoms with E-state index in [2.05, 4.69) is 20.9 Å². The van der Waals surface area contributed by atoms with Crippen LogP contribution < -0.4 is 4.74 Å². The van der Waals surface area contributed by atoms with E-state index in [9.17, 15) is 4.79 Å². The van der Waals surface area contributed by atoms with Crippen LogP contribution in [0.15, 0.2) is 22.9 Å². The molecule has 1 amide bonds. The summed E-state index contributed by atoms with van der Waals surface area (Å²) in [7, 11) is 0. The molecule has 0 N–H and O–H groups in total. The van der Waals surface area contributed by atoms with Crippen LogP contribution in [0.4, 0.5) is 0 Å². The van der Waals surface area contributed by atoms with Crippen molar-refractivity contribution in [3.63, 3.8) is 0 Å². The summed E-state index contributed by atoms with van der Waals surface area (Å²) in [5.74, 6) is 0.677. The van der Waals surface area contributed by atoms with Gasteiger partial charge in [-0.25, -0.2) is 4.98 Å². The van der Waals surface area contributed by atoms with Crippen molar-refractivity contribution in [3.05, 3.63) is 22.9 Å². The fourth-order valence-corrected chi connectivity index (χ4v) is 1.89. The van der Waals surface area contributed by atoms with Gasteiger partial charge in [-0.3, -0.25) is 4.79 Å². The van der Waals surface area contributed by atoms with Crippen LogP contribution in [0.1, 0.15) is 12.8 Å². The van der Waals surface area contributed by atoms with Gasteiger partial charge in [-0.1, -0.05) is 0 Å². The number of rotatable bonds is 3. The summed E-state index contributed by atoms with van der Waals surface area (Å²) < 4.78 is 6.12. The number of ether oxygens (including phenoxy) is 1. The Morgan fingerprint density at radius 3 is 2.81 bits per heavy atom. The predicted octanol–water partition coefficient (Wildman–Crippen LogP) is 1.85. The van der Waals surface area contributed by atoms with Crippen LogP contribution in [0.3, 0.4) is 0 Å². The van der Waals surface area contributed by atoms with Gasteiger partial charge in [0, 0.05) is 13.1 Å². The smallest absolute Gasteiger partial charge is 0.260 e. The van der Waals surface area contributed by atoms with E-state index >= 15 is 0 Å². The third-order valence-corrected chi connectivity index (χ3v) is 2.99. The summed E-state index contributed by atoms with van der Waals surface area (Å²) in [6.45, 7) is 1.82. The quantitative estimate of drug-likeness (QED) is 0.796. The maximum Gasteiger partial charge on any atom is 0.260 e. The number of hydrogen-bond donors (Lipinski definition) is 0. The van der Waals surface area contributed by atoms with E-state index in [1.165, 1.54) is 0 Å². The second-order valence-corrected chi connectivity index (χ2v) is 4.51. The number of nitrogens with zero attached hydrogens (tertiary/aromatic N) is 2. The van der Waals surface area contributed by atoms with Crippen LogP contribution in [-0.2, 0) is 4.79 Å². The first kappa shape index (κ1) is 11.4. The Hall–Kier alpha value is -1.10. The van der Waals surface area contributed by atoms with Gasteiger partial charge < -0.3 is 9.64 Å². The van der Waals surface area contributed by atoms with Crippen molar-refractivity contribution in [3.8, 4) is 5.75 Å². The van der Waals surface area contributed by atoms with E-state index in [1.54, 1.807) is 18.3 Å². The average Bonchev–Trinajstić information content (AvgIpc) is 2.81. The number of pyridine rings is 1. The molecule has 5 heteroatoms. The highest BCUT2D eigenvalue weighted by atomic mass is 79.9. The van der Waals surface area contributed by atoms with Gasteiger partial charge in [0.05, 0.1) is 6.20 Å². The van der Waals surface area contributed by atoms with E-state index in [0.29, 0.717) is 5.75 Å². The van der Waals surface area contributed by atoms with E-state index in [1.807, 2.05) is 4.90 Å². The number of carbonyl (C=O) groups excluding carboxylic acids is 1. The SMILES string of the molecule is O=C(COc1ccc(Br)nc1)N1CCCC1. The normalized spacial score (nSPS) is 15.2. The minimum atomic E-state index is 0.0559. The van der Waals surface area contributed by atoms with Gasteiger partial charge in [-0.15, -0.1) is 0 Å². The number of aromatic nitrogens is 1. The molecule has 1 aromatic heterocycles. The first-order chi connectivity index (χ1) is 7.75. The molecule has 1 saturated heterocycles. The fraction of sp³-hybridized carbons (Fsp3) is 0.455. The molecule has 0 bridgehead atoms. The summed E-state index contributed by atoms with van der Waals surface area (Å²) in [6, 6.07) is 3.57. The van der Waals surface area contributed by atoms with Crippen LogP contribution in [-0.4, -0.2) is 35.5 Å². The van der Waals surface area contributed by atoms with E-state index in [-0.39, 0.29) is 12.5 Å². The van der Waals surface area contributed by atoms with Gasteiger partial charge >= 0.3 is 0 Å². The lowest BCUT2D eigenvalue weighted by atomic mass is 10.4. The molecule has 16 heavy (non-hydrogen) atoms. The summed E-state index contributed by atoms with van der Waals surface area (Å²) in [5.41, 5.74) is 0. The molecule has 4 nitrogen and oxygen atoms in total. The largest absolute Gasteiger partial charge is 0.482 e. The highest BCUT2D eigenvalue weighted by molar-refractivity contribution is 9.10. The molecule has 2 rings (SSSR count). The zero-order valence-electron chi connectivity index (χ0n) is 8.86. The molecular formula is C11H13BrN2O2. The first-order valence-electron chi connectivity index (χ1n) is 5.28. The topological polar surface area (TPSA) is 42.4 Å². The van der Waals surface area contributed by atoms with Crippen LogP contribution in [0, 0.1) is 0 Å². The average molecular weight is 285 g/mol. The Morgan fingerprint density at radius 2 is 2.19 bits per heavy atom. The standard InChI is InChI=1S/C11H13BrN2O2/c12-10-4-3-9(7-13-10)16-8-11(15)14-5-1-2-6-14/h3-4,7H,1-2,5-6,8H2. The molecule has 0 aromatic carbocycles. The molecular weight excluding hydrogens is 272 g/mol. The van der Waals surface area contributed by atoms with Gasteiger partial charge in [0.25, 0.3) is 5.91 Å². The van der Waals surface area contributed by atoms with Crippen LogP contribution in [0.2, 0.25) is 0 Å². The molecule has 1 aromatic rings. The molecule has 0 aliphatic carbocycles. The van der Waals surface area contributed by atoms with Crippen molar-refractivity contribution in [1.29, 1.82) is 0 Å². The van der Waals surface area contributed by atoms with E-state index in [4.69, 9.17) is 4.74 Å². The second-order valence-electron chi connectivity index (χ2n) is 3.69. The number of likely N-dealkylation sites (tertiary alicyclic amines) is 1. The molecule has 0 saturated carbocycles. The molecule has 2 heterocycles. The van der Waals surface area contributed by atoms with E-state index in [0.717, 1.165) is 30.5 Å². The molecule has 1 aliphatic rings. The van der Waals surface area contributed by atoms with Gasteiger partial charge in [0.1, 0.15) is 10.4 Å². The van der Waals surface area contributed by atoms with Crippen molar-refractivity contribution in [1.82, 2.24) is 9.88 Å². The van der Waals surface area contributed by atoms with Gasteiger partial charge in [-0.2, -0.15) is 0 Å². The van der Waals surface area contributed by atoms with Gasteiger partial charge in [0.15, 0.2) is 6.61 Å². The van der Waals surface area contributed by atoms with Gasteiger partial charge in [-0.05, 0) is 40.9 Å². The number of halogens is 1. The summed E-state index contributed by atoms with van der Waals surface area (Å²) >= 11 is 3.24. The summed E-state index contributed by atoms with van der Waals surface area (Å²) in [4.78, 5) is 17.5. The van der Waals surface area contributed by atoms with Crippen molar-refractivity contribution < 1.29 is 9.53 Å². The Kier molecular flexibility index (Phi) is 3.77. The lowest BCUT2D eigenvalue weighted by molar-refractivity contribution is -0.132. The molecule has 0 atom stereocenters. The monoisotopic (exact) mass is 284 g/mol. The zero-order valence-corrected chi connectivity index (χ0v) is 10.4. The first-order valence-corrected chi connectivity index (χ1v) is 6.07. The minimum absolute atomic E-state index is 0.0559. The van der Waals surface area contributed by atoms with Crippen molar-refractivity contribution in [2.75, 3.05) is 19.7 Å². The number of carbonyl (C=O) groups is 1. The molecule has 1 fully saturated rings. The minimum Gasteiger partial charge on any atom is -0.482 e. The predicted molar refractivity (Wildman–Crippen MR) is 63.2 cm³/mol. The molecule has 86 valence electrons. The van der Waals surface area contributed by atoms with Crippen molar-refractivity contribution in [2.45, 2.75) is 12.8 Å². The Bertz CT molecular complexity index is 361. The van der Waals surface area contributed by atoms with Crippen LogP contribution >= 0.6 is 15.9 Å². The van der Waals surface area contributed by atoms with Gasteiger partial charge in [0.2, 0.25) is 0 Å². The third-order valence-electron chi connectivity index (χ3n) is 2.52. The van der Waals surface area contributed by atoms with Crippen LogP contribution in [0.25, 0.3) is 0 Å². The highest BCUT2D eigenvalue weighted by Crippen LogP contribution is 2.13. The van der Waals surface area contributed by atoms with Crippen molar-refractivity contribution >= 4 is 21.8 Å². The summed E-state index contributed by atoms with van der Waals surface area (Å²) in [6.07, 6.45) is 3.80. The number of hydrogen-bond acceptors (Lipinski definition) is 3. The second kappa shape index (κ2) is 5.30. The molecule has 0 radical (unpaired) electrons. The van der Waals surface area contributed by atoms with Crippen LogP contribution in [0.5, 0.6) is 5.75 Å². The fourth-order valence-electron chi connectivity index (χ4n) is 1.65. The lowest BCUT2D eigenvalue weighted by Gasteiger charge is -2.15. The molecule has 0 spiro atoms. The summed E-state index contributed by atoms with van der Waals surface area (Å²) in [5, 5.41) is 0. The molecule has 1 aliphatic heterocycles. The molecule has 0 unspecified atom stereocenters. The number of amides is 1. The Balaban J connectivity index is 1.82. The Morgan fingerprint density at radius 1 is 1.44 bits per heavy atom. The third kappa shape index (κ3) is 2.95. The maximum atomic E-state index is 11.7.